The fraction of sp³-hybridized carbons (Fsp3) is 0.429. The lowest BCUT2D eigenvalue weighted by Crippen LogP contribution is -2.21. The summed E-state index contributed by atoms with van der Waals surface area (Å²) in [5.41, 5.74) is 0.210. The van der Waals surface area contributed by atoms with E-state index in [2.05, 4.69) is 5.32 Å². The number of carboxylic acid groups (broad SMARTS) is 1. The summed E-state index contributed by atoms with van der Waals surface area (Å²) in [6.07, 6.45) is 2.49. The van der Waals surface area contributed by atoms with Crippen LogP contribution in [0, 0.1) is 5.92 Å². The minimum absolute atomic E-state index is 0.0186. The van der Waals surface area contributed by atoms with Gasteiger partial charge in [0.1, 0.15) is 0 Å². The van der Waals surface area contributed by atoms with Gasteiger partial charge in [0.25, 0.3) is 0 Å². The van der Waals surface area contributed by atoms with Gasteiger partial charge in [0.05, 0.1) is 16.3 Å². The predicted molar refractivity (Wildman–Crippen MR) is 81.7 cm³/mol. The smallest absolute Gasteiger partial charge is 0.337 e. The van der Waals surface area contributed by atoms with Crippen molar-refractivity contribution in [3.63, 3.8) is 0 Å². The number of amides is 1. The van der Waals surface area contributed by atoms with Gasteiger partial charge in [-0.1, -0.05) is 17.7 Å². The largest absolute Gasteiger partial charge is 0.478 e. The number of carboxylic acids is 1. The number of carbonyl (C=O) groups is 2. The number of para-hydroxylation sites is 1. The number of hydrogen-bond acceptors (Lipinski definition) is 3. The fourth-order valence-electron chi connectivity index (χ4n) is 2.23. The molecule has 0 radical (unpaired) electrons. The Hall–Kier alpha value is -1.20. The van der Waals surface area contributed by atoms with Gasteiger partial charge in [-0.05, 0) is 42.4 Å². The van der Waals surface area contributed by atoms with Gasteiger partial charge in [-0.2, -0.15) is 11.8 Å². The molecule has 2 rings (SSSR count). The molecule has 0 atom stereocenters. The second kappa shape index (κ2) is 6.99. The minimum atomic E-state index is -1.10. The number of rotatable bonds is 4. The summed E-state index contributed by atoms with van der Waals surface area (Å²) in [4.78, 5) is 23.2. The molecule has 1 aromatic carbocycles. The van der Waals surface area contributed by atoms with Crippen LogP contribution in [0.5, 0.6) is 0 Å². The lowest BCUT2D eigenvalue weighted by Gasteiger charge is -2.21. The summed E-state index contributed by atoms with van der Waals surface area (Å²) in [7, 11) is 0. The summed E-state index contributed by atoms with van der Waals surface area (Å²) in [5.74, 6) is 1.29. The Labute approximate surface area is 126 Å². The maximum absolute atomic E-state index is 12.0. The van der Waals surface area contributed by atoms with Crippen molar-refractivity contribution < 1.29 is 14.7 Å². The zero-order chi connectivity index (χ0) is 14.5. The van der Waals surface area contributed by atoms with Crippen LogP contribution in [0.2, 0.25) is 5.02 Å². The van der Waals surface area contributed by atoms with Crippen molar-refractivity contribution in [1.82, 2.24) is 0 Å². The summed E-state index contributed by atoms with van der Waals surface area (Å²) in [6.45, 7) is 0. The van der Waals surface area contributed by atoms with Crippen molar-refractivity contribution in [2.24, 2.45) is 5.92 Å². The first-order valence-corrected chi connectivity index (χ1v) is 8.00. The Balaban J connectivity index is 2.05. The highest BCUT2D eigenvalue weighted by atomic mass is 35.5. The van der Waals surface area contributed by atoms with Gasteiger partial charge >= 0.3 is 5.97 Å². The Morgan fingerprint density at radius 2 is 2.05 bits per heavy atom. The molecule has 1 aliphatic rings. The standard InChI is InChI=1S/C14H16ClNO3S/c15-11-3-1-2-10(14(18)19)13(11)16-12(17)8-9-4-6-20-7-5-9/h1-3,9H,4-8H2,(H,16,17)(H,18,19). The van der Waals surface area contributed by atoms with Crippen molar-refractivity contribution >= 4 is 40.9 Å². The van der Waals surface area contributed by atoms with Crippen LogP contribution in [0.25, 0.3) is 0 Å². The normalized spacial score (nSPS) is 15.8. The Bertz CT molecular complexity index is 515. The van der Waals surface area contributed by atoms with E-state index in [0.29, 0.717) is 12.3 Å². The van der Waals surface area contributed by atoms with E-state index in [-0.39, 0.29) is 22.2 Å². The third-order valence-electron chi connectivity index (χ3n) is 3.32. The highest BCUT2D eigenvalue weighted by molar-refractivity contribution is 7.99. The first kappa shape index (κ1) is 15.2. The Kier molecular flexibility index (Phi) is 5.31. The van der Waals surface area contributed by atoms with Crippen molar-refractivity contribution in [2.75, 3.05) is 16.8 Å². The van der Waals surface area contributed by atoms with E-state index < -0.39 is 5.97 Å². The molecule has 1 aliphatic heterocycles. The fourth-order valence-corrected chi connectivity index (χ4v) is 3.66. The van der Waals surface area contributed by atoms with Crippen molar-refractivity contribution in [3.05, 3.63) is 28.8 Å². The quantitative estimate of drug-likeness (QED) is 0.892. The highest BCUT2D eigenvalue weighted by Crippen LogP contribution is 2.28. The molecule has 6 heteroatoms. The molecular weight excluding hydrogens is 298 g/mol. The van der Waals surface area contributed by atoms with Crippen LogP contribution in [-0.4, -0.2) is 28.5 Å². The number of nitrogens with one attached hydrogen (secondary N) is 1. The van der Waals surface area contributed by atoms with Gasteiger partial charge in [-0.25, -0.2) is 4.79 Å². The SMILES string of the molecule is O=C(CC1CCSCC1)Nc1c(Cl)cccc1C(=O)O. The van der Waals surface area contributed by atoms with E-state index in [1.165, 1.54) is 6.07 Å². The molecule has 1 aromatic rings. The molecule has 0 aromatic heterocycles. The third-order valence-corrected chi connectivity index (χ3v) is 4.69. The zero-order valence-electron chi connectivity index (χ0n) is 10.9. The number of thioether (sulfide) groups is 1. The second-order valence-corrected chi connectivity index (χ2v) is 6.41. The van der Waals surface area contributed by atoms with Gasteiger partial charge in [0.15, 0.2) is 0 Å². The lowest BCUT2D eigenvalue weighted by atomic mass is 9.98. The van der Waals surface area contributed by atoms with Crippen molar-refractivity contribution in [2.45, 2.75) is 19.3 Å². The van der Waals surface area contributed by atoms with Crippen LogP contribution in [-0.2, 0) is 4.79 Å². The van der Waals surface area contributed by atoms with Crippen LogP contribution < -0.4 is 5.32 Å². The van der Waals surface area contributed by atoms with E-state index in [9.17, 15) is 9.59 Å². The number of benzene rings is 1. The molecule has 1 heterocycles. The molecule has 0 aliphatic carbocycles. The van der Waals surface area contributed by atoms with Gasteiger partial charge < -0.3 is 10.4 Å². The number of anilines is 1. The van der Waals surface area contributed by atoms with E-state index in [1.54, 1.807) is 12.1 Å². The molecule has 20 heavy (non-hydrogen) atoms. The molecule has 2 N–H and O–H groups in total. The first-order valence-electron chi connectivity index (χ1n) is 6.47. The molecule has 0 spiro atoms. The summed E-state index contributed by atoms with van der Waals surface area (Å²) in [6, 6.07) is 4.56. The van der Waals surface area contributed by atoms with Crippen LogP contribution in [0.3, 0.4) is 0 Å². The summed E-state index contributed by atoms with van der Waals surface area (Å²) >= 11 is 7.89. The molecular formula is C14H16ClNO3S. The molecule has 108 valence electrons. The zero-order valence-corrected chi connectivity index (χ0v) is 12.5. The molecule has 1 fully saturated rings. The number of hydrogen-bond donors (Lipinski definition) is 2. The van der Waals surface area contributed by atoms with Crippen LogP contribution in [0.4, 0.5) is 5.69 Å². The molecule has 0 unspecified atom stereocenters. The maximum Gasteiger partial charge on any atom is 0.337 e. The Morgan fingerprint density at radius 3 is 2.70 bits per heavy atom. The van der Waals surface area contributed by atoms with Gasteiger partial charge in [0, 0.05) is 6.42 Å². The summed E-state index contributed by atoms with van der Waals surface area (Å²) in [5, 5.41) is 12.0. The predicted octanol–water partition coefficient (Wildman–Crippen LogP) is 3.51. The average molecular weight is 314 g/mol. The van der Waals surface area contributed by atoms with E-state index in [4.69, 9.17) is 16.7 Å². The van der Waals surface area contributed by atoms with E-state index in [1.807, 2.05) is 11.8 Å². The molecule has 1 saturated heterocycles. The Morgan fingerprint density at radius 1 is 1.35 bits per heavy atom. The minimum Gasteiger partial charge on any atom is -0.478 e. The molecule has 1 amide bonds. The van der Waals surface area contributed by atoms with Gasteiger partial charge in [-0.3, -0.25) is 4.79 Å². The van der Waals surface area contributed by atoms with Crippen LogP contribution in [0.15, 0.2) is 18.2 Å². The maximum atomic E-state index is 12.0. The first-order chi connectivity index (χ1) is 9.58. The second-order valence-electron chi connectivity index (χ2n) is 4.78. The highest BCUT2D eigenvalue weighted by Gasteiger charge is 2.20. The number of halogens is 1. The molecule has 0 saturated carbocycles. The monoisotopic (exact) mass is 313 g/mol. The molecule has 0 bridgehead atoms. The van der Waals surface area contributed by atoms with Crippen LogP contribution in [0.1, 0.15) is 29.6 Å². The van der Waals surface area contributed by atoms with E-state index in [0.717, 1.165) is 24.3 Å². The summed E-state index contributed by atoms with van der Waals surface area (Å²) < 4.78 is 0. The van der Waals surface area contributed by atoms with Gasteiger partial charge in [-0.15, -0.1) is 0 Å². The lowest BCUT2D eigenvalue weighted by molar-refractivity contribution is -0.117. The third kappa shape index (κ3) is 3.90. The number of carbonyl (C=O) groups excluding carboxylic acids is 1. The van der Waals surface area contributed by atoms with Gasteiger partial charge in [0.2, 0.25) is 5.91 Å². The van der Waals surface area contributed by atoms with Crippen LogP contribution >= 0.6 is 23.4 Å². The molecule has 4 nitrogen and oxygen atoms in total. The van der Waals surface area contributed by atoms with Crippen molar-refractivity contribution in [1.29, 1.82) is 0 Å². The number of aromatic carboxylic acids is 1. The average Bonchev–Trinajstić information content (AvgIpc) is 2.42. The topological polar surface area (TPSA) is 66.4 Å². The van der Waals surface area contributed by atoms with Crippen molar-refractivity contribution in [3.8, 4) is 0 Å². The van der Waals surface area contributed by atoms with E-state index >= 15 is 0 Å².